The Labute approximate surface area is 125 Å². The van der Waals surface area contributed by atoms with Gasteiger partial charge in [-0.3, -0.25) is 4.79 Å². The lowest BCUT2D eigenvalue weighted by molar-refractivity contribution is 0.0635. The van der Waals surface area contributed by atoms with Gasteiger partial charge in [-0.05, 0) is 31.9 Å². The predicted octanol–water partition coefficient (Wildman–Crippen LogP) is 1.69. The molecular weight excluding hydrogens is 290 g/mol. The minimum atomic E-state index is -1.19. The Morgan fingerprint density at radius 2 is 1.95 bits per heavy atom. The first-order valence-corrected chi connectivity index (χ1v) is 6.97. The lowest BCUT2D eigenvalue weighted by Gasteiger charge is -2.29. The average Bonchev–Trinajstić information content (AvgIpc) is 3.16. The Morgan fingerprint density at radius 1 is 1.27 bits per heavy atom. The van der Waals surface area contributed by atoms with Gasteiger partial charge >= 0.3 is 5.97 Å². The molecule has 8 nitrogen and oxygen atoms in total. The highest BCUT2D eigenvalue weighted by atomic mass is 16.5. The molecule has 3 heterocycles. The second kappa shape index (κ2) is 5.63. The molecule has 22 heavy (non-hydrogen) atoms. The summed E-state index contributed by atoms with van der Waals surface area (Å²) >= 11 is 0. The highest BCUT2D eigenvalue weighted by molar-refractivity contribution is 5.93. The number of nitrogens with zero attached hydrogens (tertiary/aromatic N) is 3. The zero-order chi connectivity index (χ0) is 15.7. The topological polar surface area (TPSA) is 110 Å². The van der Waals surface area contributed by atoms with Gasteiger partial charge in [0, 0.05) is 19.0 Å². The zero-order valence-corrected chi connectivity index (χ0v) is 12.0. The maximum Gasteiger partial charge on any atom is 0.371 e. The lowest BCUT2D eigenvalue weighted by atomic mass is 9.96. The fourth-order valence-corrected chi connectivity index (χ4v) is 2.53. The fraction of sp³-hybridized carbons (Fsp3) is 0.429. The van der Waals surface area contributed by atoms with Crippen LogP contribution in [0, 0.1) is 6.92 Å². The molecule has 1 fully saturated rings. The molecule has 3 rings (SSSR count). The SMILES string of the molecule is Cc1noc(C2CCN(C(=O)c3ccc(C(=O)O)o3)CC2)n1. The number of hydrogen-bond acceptors (Lipinski definition) is 6. The molecule has 1 saturated heterocycles. The molecule has 0 aromatic carbocycles. The fourth-order valence-electron chi connectivity index (χ4n) is 2.53. The lowest BCUT2D eigenvalue weighted by Crippen LogP contribution is -2.37. The number of carboxylic acids is 1. The number of carbonyl (C=O) groups excluding carboxylic acids is 1. The van der Waals surface area contributed by atoms with Crippen molar-refractivity contribution in [2.45, 2.75) is 25.7 Å². The van der Waals surface area contributed by atoms with E-state index in [0.717, 1.165) is 12.8 Å². The van der Waals surface area contributed by atoms with Crippen LogP contribution < -0.4 is 0 Å². The van der Waals surface area contributed by atoms with Crippen molar-refractivity contribution in [2.24, 2.45) is 0 Å². The number of aromatic nitrogens is 2. The minimum absolute atomic E-state index is 0.0458. The van der Waals surface area contributed by atoms with Gasteiger partial charge in [0.25, 0.3) is 5.91 Å². The van der Waals surface area contributed by atoms with E-state index < -0.39 is 5.97 Å². The van der Waals surface area contributed by atoms with Crippen molar-refractivity contribution >= 4 is 11.9 Å². The van der Waals surface area contributed by atoms with Gasteiger partial charge in [0.1, 0.15) is 0 Å². The second-order valence-corrected chi connectivity index (χ2v) is 5.22. The van der Waals surface area contributed by atoms with Crippen LogP contribution >= 0.6 is 0 Å². The van der Waals surface area contributed by atoms with Crippen molar-refractivity contribution in [2.75, 3.05) is 13.1 Å². The van der Waals surface area contributed by atoms with Gasteiger partial charge in [-0.25, -0.2) is 4.79 Å². The molecule has 0 atom stereocenters. The average molecular weight is 305 g/mol. The van der Waals surface area contributed by atoms with E-state index in [0.29, 0.717) is 24.8 Å². The van der Waals surface area contributed by atoms with Crippen molar-refractivity contribution in [1.29, 1.82) is 0 Å². The molecule has 0 spiro atoms. The number of rotatable bonds is 3. The monoisotopic (exact) mass is 305 g/mol. The quantitative estimate of drug-likeness (QED) is 0.918. The van der Waals surface area contributed by atoms with Gasteiger partial charge in [-0.2, -0.15) is 4.98 Å². The molecular formula is C14H15N3O5. The Balaban J connectivity index is 1.63. The molecule has 8 heteroatoms. The standard InChI is InChI=1S/C14H15N3O5/c1-8-15-12(22-16-8)9-4-6-17(7-5-9)13(18)10-2-3-11(21-10)14(19)20/h2-3,9H,4-7H2,1H3,(H,19,20). The number of hydrogen-bond donors (Lipinski definition) is 1. The minimum Gasteiger partial charge on any atom is -0.475 e. The highest BCUT2D eigenvalue weighted by Gasteiger charge is 2.29. The number of furan rings is 1. The summed E-state index contributed by atoms with van der Waals surface area (Å²) in [5.41, 5.74) is 0. The van der Waals surface area contributed by atoms with Crippen LogP contribution in [-0.4, -0.2) is 45.1 Å². The van der Waals surface area contributed by atoms with Gasteiger partial charge in [-0.1, -0.05) is 5.16 Å². The number of amides is 1. The molecule has 0 radical (unpaired) electrons. The van der Waals surface area contributed by atoms with Crippen LogP contribution in [-0.2, 0) is 0 Å². The van der Waals surface area contributed by atoms with E-state index in [4.69, 9.17) is 14.0 Å². The first kappa shape index (κ1) is 14.3. The molecule has 2 aromatic rings. The van der Waals surface area contributed by atoms with E-state index >= 15 is 0 Å². The summed E-state index contributed by atoms with van der Waals surface area (Å²) in [5.74, 6) is -0.321. The summed E-state index contributed by atoms with van der Waals surface area (Å²) in [7, 11) is 0. The first-order valence-electron chi connectivity index (χ1n) is 6.97. The zero-order valence-electron chi connectivity index (χ0n) is 12.0. The largest absolute Gasteiger partial charge is 0.475 e. The third kappa shape index (κ3) is 2.72. The molecule has 0 aliphatic carbocycles. The Bertz CT molecular complexity index is 697. The Hall–Kier alpha value is -2.64. The molecule has 2 aromatic heterocycles. The normalized spacial score (nSPS) is 16.0. The Kier molecular flexibility index (Phi) is 3.66. The molecule has 116 valence electrons. The van der Waals surface area contributed by atoms with E-state index in [1.54, 1.807) is 11.8 Å². The van der Waals surface area contributed by atoms with E-state index in [2.05, 4.69) is 10.1 Å². The smallest absolute Gasteiger partial charge is 0.371 e. The summed E-state index contributed by atoms with van der Waals surface area (Å²) in [5, 5.41) is 12.6. The molecule has 1 amide bonds. The number of aryl methyl sites for hydroxylation is 1. The van der Waals surface area contributed by atoms with E-state index in [9.17, 15) is 9.59 Å². The molecule has 1 aliphatic rings. The van der Waals surface area contributed by atoms with E-state index in [1.807, 2.05) is 0 Å². The van der Waals surface area contributed by atoms with Crippen LogP contribution in [0.2, 0.25) is 0 Å². The van der Waals surface area contributed by atoms with Crippen molar-refractivity contribution < 1.29 is 23.6 Å². The van der Waals surface area contributed by atoms with Crippen molar-refractivity contribution in [3.63, 3.8) is 0 Å². The summed E-state index contributed by atoms with van der Waals surface area (Å²) in [6.07, 6.45) is 1.44. The number of carboxylic acid groups (broad SMARTS) is 1. The van der Waals surface area contributed by atoms with Gasteiger partial charge in [0.15, 0.2) is 11.6 Å². The number of piperidine rings is 1. The van der Waals surface area contributed by atoms with Crippen molar-refractivity contribution in [3.05, 3.63) is 35.4 Å². The van der Waals surface area contributed by atoms with Gasteiger partial charge in [0.05, 0.1) is 0 Å². The van der Waals surface area contributed by atoms with Crippen LogP contribution in [0.3, 0.4) is 0 Å². The molecule has 0 bridgehead atoms. The third-order valence-electron chi connectivity index (χ3n) is 3.70. The van der Waals surface area contributed by atoms with Crippen molar-refractivity contribution in [3.8, 4) is 0 Å². The predicted molar refractivity (Wildman–Crippen MR) is 72.6 cm³/mol. The summed E-state index contributed by atoms with van der Waals surface area (Å²) in [4.78, 5) is 28.9. The summed E-state index contributed by atoms with van der Waals surface area (Å²) in [6.45, 7) is 2.84. The van der Waals surface area contributed by atoms with Crippen LogP contribution in [0.25, 0.3) is 0 Å². The maximum atomic E-state index is 12.3. The van der Waals surface area contributed by atoms with Crippen LogP contribution in [0.15, 0.2) is 21.1 Å². The van der Waals surface area contributed by atoms with E-state index in [-0.39, 0.29) is 23.3 Å². The van der Waals surface area contributed by atoms with E-state index in [1.165, 1.54) is 12.1 Å². The number of aromatic carboxylic acids is 1. The molecule has 1 aliphatic heterocycles. The summed E-state index contributed by atoms with van der Waals surface area (Å²) < 4.78 is 10.2. The van der Waals surface area contributed by atoms with Gasteiger partial charge in [-0.15, -0.1) is 0 Å². The number of likely N-dealkylation sites (tertiary alicyclic amines) is 1. The van der Waals surface area contributed by atoms with Crippen LogP contribution in [0.4, 0.5) is 0 Å². The van der Waals surface area contributed by atoms with Gasteiger partial charge < -0.3 is 18.9 Å². The molecule has 0 saturated carbocycles. The van der Waals surface area contributed by atoms with Crippen molar-refractivity contribution in [1.82, 2.24) is 15.0 Å². The first-order chi connectivity index (χ1) is 10.5. The van der Waals surface area contributed by atoms with Crippen LogP contribution in [0.1, 0.15) is 51.6 Å². The third-order valence-corrected chi connectivity index (χ3v) is 3.70. The molecule has 0 unspecified atom stereocenters. The number of carbonyl (C=O) groups is 2. The highest BCUT2D eigenvalue weighted by Crippen LogP contribution is 2.27. The Morgan fingerprint density at radius 3 is 2.50 bits per heavy atom. The maximum absolute atomic E-state index is 12.3. The van der Waals surface area contributed by atoms with Crippen LogP contribution in [0.5, 0.6) is 0 Å². The second-order valence-electron chi connectivity index (χ2n) is 5.22. The van der Waals surface area contributed by atoms with Gasteiger partial charge in [0.2, 0.25) is 11.7 Å². The summed E-state index contributed by atoms with van der Waals surface area (Å²) in [6, 6.07) is 2.67. The molecule has 1 N–H and O–H groups in total.